The number of benzene rings is 1. The molecule has 1 unspecified atom stereocenters. The molecule has 0 heterocycles. The molecular weight excluding hydrogens is 272 g/mol. The van der Waals surface area contributed by atoms with Gasteiger partial charge in [-0.15, -0.1) is 0 Å². The lowest BCUT2D eigenvalue weighted by atomic mass is 10.2. The summed E-state index contributed by atoms with van der Waals surface area (Å²) in [6.07, 6.45) is 0. The number of nitro benzene ring substituents is 1. The molecule has 0 spiro atoms. The van der Waals surface area contributed by atoms with Crippen LogP contribution < -0.4 is 9.88 Å². The zero-order valence-corrected chi connectivity index (χ0v) is 11.5. The highest BCUT2D eigenvalue weighted by Crippen LogP contribution is 2.23. The smallest absolute Gasteiger partial charge is 0.269 e. The first-order chi connectivity index (χ1) is 8.69. The van der Waals surface area contributed by atoms with E-state index in [1.807, 2.05) is 0 Å². The third-order valence-corrected chi connectivity index (χ3v) is 3.44. The van der Waals surface area contributed by atoms with Crippen molar-refractivity contribution >= 4 is 15.7 Å². The van der Waals surface area contributed by atoms with Crippen molar-refractivity contribution in [2.24, 2.45) is 11.1 Å². The van der Waals surface area contributed by atoms with Gasteiger partial charge >= 0.3 is 0 Å². The molecule has 0 aromatic heterocycles. The monoisotopic (exact) mass is 288 g/mol. The highest BCUT2D eigenvalue weighted by atomic mass is 32.2. The number of hydrogen-bond acceptors (Lipinski definition) is 5. The van der Waals surface area contributed by atoms with Crippen LogP contribution in [0, 0.1) is 23.0 Å². The highest BCUT2D eigenvalue weighted by Gasteiger charge is 2.13. The number of primary sulfonamides is 1. The van der Waals surface area contributed by atoms with Gasteiger partial charge < -0.3 is 4.74 Å². The third kappa shape index (κ3) is 5.23. The minimum atomic E-state index is -3.53. The molecule has 0 saturated carbocycles. The van der Waals surface area contributed by atoms with Crippen molar-refractivity contribution < 1.29 is 18.1 Å². The van der Waals surface area contributed by atoms with Crippen LogP contribution in [0.2, 0.25) is 0 Å². The molecule has 1 aromatic carbocycles. The van der Waals surface area contributed by atoms with Crippen LogP contribution in [0.4, 0.5) is 5.69 Å². The quantitative estimate of drug-likeness (QED) is 0.624. The minimum Gasteiger partial charge on any atom is -0.493 e. The maximum absolute atomic E-state index is 10.9. The SMILES string of the molecule is Cc1cc([N+](=O)[O-])ccc1OCC(C)CS(N)(=O)=O. The van der Waals surface area contributed by atoms with Crippen LogP contribution >= 0.6 is 0 Å². The summed E-state index contributed by atoms with van der Waals surface area (Å²) in [6, 6.07) is 4.24. The lowest BCUT2D eigenvalue weighted by molar-refractivity contribution is -0.384. The largest absolute Gasteiger partial charge is 0.493 e. The van der Waals surface area contributed by atoms with E-state index in [1.165, 1.54) is 18.2 Å². The first kappa shape index (κ1) is 15.4. The van der Waals surface area contributed by atoms with Crippen LogP contribution in [0.25, 0.3) is 0 Å². The number of rotatable bonds is 6. The topological polar surface area (TPSA) is 113 Å². The van der Waals surface area contributed by atoms with Crippen LogP contribution in [0.1, 0.15) is 12.5 Å². The van der Waals surface area contributed by atoms with Crippen LogP contribution in [-0.2, 0) is 10.0 Å². The summed E-state index contributed by atoms with van der Waals surface area (Å²) in [5.41, 5.74) is 0.611. The van der Waals surface area contributed by atoms with Crippen molar-refractivity contribution in [1.82, 2.24) is 0 Å². The van der Waals surface area contributed by atoms with Crippen LogP contribution in [0.3, 0.4) is 0 Å². The molecule has 106 valence electrons. The molecule has 1 rings (SSSR count). The Balaban J connectivity index is 2.66. The van der Waals surface area contributed by atoms with Crippen LogP contribution in [0.15, 0.2) is 18.2 Å². The molecule has 0 aliphatic carbocycles. The number of non-ortho nitro benzene ring substituents is 1. The minimum absolute atomic E-state index is 0.0116. The number of hydrogen-bond donors (Lipinski definition) is 1. The average Bonchev–Trinajstić information content (AvgIpc) is 2.24. The third-order valence-electron chi connectivity index (χ3n) is 2.41. The normalized spacial score (nSPS) is 13.0. The molecule has 8 heteroatoms. The predicted molar refractivity (Wildman–Crippen MR) is 70.5 cm³/mol. The predicted octanol–water partition coefficient (Wildman–Crippen LogP) is 1.21. The molecule has 1 atom stereocenters. The molecule has 0 bridgehead atoms. The number of nitrogens with zero attached hydrogens (tertiary/aromatic N) is 1. The first-order valence-corrected chi connectivity index (χ1v) is 7.29. The first-order valence-electron chi connectivity index (χ1n) is 5.57. The van der Waals surface area contributed by atoms with E-state index >= 15 is 0 Å². The van der Waals surface area contributed by atoms with E-state index < -0.39 is 14.9 Å². The van der Waals surface area contributed by atoms with Gasteiger partial charge in [0.2, 0.25) is 10.0 Å². The van der Waals surface area contributed by atoms with Crippen molar-refractivity contribution in [1.29, 1.82) is 0 Å². The Bertz CT molecular complexity index is 570. The van der Waals surface area contributed by atoms with Gasteiger partial charge in [-0.05, 0) is 18.6 Å². The second kappa shape index (κ2) is 5.98. The van der Waals surface area contributed by atoms with E-state index in [0.29, 0.717) is 11.3 Å². The van der Waals surface area contributed by atoms with E-state index in [9.17, 15) is 18.5 Å². The van der Waals surface area contributed by atoms with Crippen molar-refractivity contribution in [3.05, 3.63) is 33.9 Å². The Kier molecular flexibility index (Phi) is 4.84. The Labute approximate surface area is 111 Å². The van der Waals surface area contributed by atoms with Gasteiger partial charge in [-0.25, -0.2) is 13.6 Å². The zero-order valence-electron chi connectivity index (χ0n) is 10.7. The van der Waals surface area contributed by atoms with Gasteiger partial charge in [0.25, 0.3) is 5.69 Å². The zero-order chi connectivity index (χ0) is 14.6. The fourth-order valence-electron chi connectivity index (χ4n) is 1.59. The molecule has 0 aliphatic heterocycles. The van der Waals surface area contributed by atoms with Gasteiger partial charge in [0.15, 0.2) is 0 Å². The molecule has 7 nitrogen and oxygen atoms in total. The van der Waals surface area contributed by atoms with Crippen molar-refractivity contribution in [3.8, 4) is 5.75 Å². The van der Waals surface area contributed by atoms with E-state index in [2.05, 4.69) is 0 Å². The summed E-state index contributed by atoms with van der Waals surface area (Å²) in [6.45, 7) is 3.56. The lowest BCUT2D eigenvalue weighted by Gasteiger charge is -2.13. The standard InChI is InChI=1S/C11H16N2O5S/c1-8(7-19(12,16)17)6-18-11-4-3-10(13(14)15)5-9(11)2/h3-5,8H,6-7H2,1-2H3,(H2,12,16,17). The summed E-state index contributed by atoms with van der Waals surface area (Å²) in [4.78, 5) is 10.1. The fourth-order valence-corrected chi connectivity index (χ4v) is 2.48. The van der Waals surface area contributed by atoms with Gasteiger partial charge in [0.1, 0.15) is 5.75 Å². The molecule has 2 N–H and O–H groups in total. The summed E-state index contributed by atoms with van der Waals surface area (Å²) < 4.78 is 27.2. The van der Waals surface area contributed by atoms with Gasteiger partial charge in [0, 0.05) is 18.1 Å². The number of ether oxygens (including phenoxy) is 1. The van der Waals surface area contributed by atoms with E-state index in [-0.39, 0.29) is 24.0 Å². The molecule has 0 fully saturated rings. The summed E-state index contributed by atoms with van der Waals surface area (Å²) >= 11 is 0. The summed E-state index contributed by atoms with van der Waals surface area (Å²) in [5.74, 6) is 0.0652. The molecule has 0 radical (unpaired) electrons. The maximum Gasteiger partial charge on any atom is 0.269 e. The van der Waals surface area contributed by atoms with Crippen molar-refractivity contribution in [2.75, 3.05) is 12.4 Å². The molecule has 0 amide bonds. The second-order valence-electron chi connectivity index (χ2n) is 4.45. The molecule has 0 saturated heterocycles. The van der Waals surface area contributed by atoms with Gasteiger partial charge in [-0.2, -0.15) is 0 Å². The van der Waals surface area contributed by atoms with E-state index in [1.54, 1.807) is 13.8 Å². The van der Waals surface area contributed by atoms with Crippen molar-refractivity contribution in [2.45, 2.75) is 13.8 Å². The van der Waals surface area contributed by atoms with Gasteiger partial charge in [0.05, 0.1) is 17.3 Å². The molecule has 1 aromatic rings. The Morgan fingerprint density at radius 1 is 1.47 bits per heavy atom. The van der Waals surface area contributed by atoms with Crippen LogP contribution in [0.5, 0.6) is 5.75 Å². The Hall–Kier alpha value is -1.67. The van der Waals surface area contributed by atoms with E-state index in [4.69, 9.17) is 9.88 Å². The van der Waals surface area contributed by atoms with Crippen molar-refractivity contribution in [3.63, 3.8) is 0 Å². The van der Waals surface area contributed by atoms with Gasteiger partial charge in [-0.1, -0.05) is 6.92 Å². The highest BCUT2D eigenvalue weighted by molar-refractivity contribution is 7.89. The molecular formula is C11H16N2O5S. The van der Waals surface area contributed by atoms with Gasteiger partial charge in [-0.3, -0.25) is 10.1 Å². The maximum atomic E-state index is 10.9. The number of aryl methyl sites for hydroxylation is 1. The lowest BCUT2D eigenvalue weighted by Crippen LogP contribution is -2.25. The number of nitro groups is 1. The molecule has 0 aliphatic rings. The molecule has 19 heavy (non-hydrogen) atoms. The Morgan fingerprint density at radius 2 is 2.11 bits per heavy atom. The number of nitrogens with two attached hydrogens (primary N) is 1. The summed E-state index contributed by atoms with van der Waals surface area (Å²) in [7, 11) is -3.53. The second-order valence-corrected chi connectivity index (χ2v) is 6.11. The average molecular weight is 288 g/mol. The van der Waals surface area contributed by atoms with Crippen LogP contribution in [-0.4, -0.2) is 25.7 Å². The summed E-state index contributed by atoms with van der Waals surface area (Å²) in [5, 5.41) is 15.5. The van der Waals surface area contributed by atoms with E-state index in [0.717, 1.165) is 0 Å². The Morgan fingerprint density at radius 3 is 2.58 bits per heavy atom. The number of sulfonamides is 1. The fraction of sp³-hybridized carbons (Fsp3) is 0.455.